The Kier molecular flexibility index (Phi) is 5.74. The second-order valence-corrected chi connectivity index (χ2v) is 4.79. The number of carbonyl (C=O) groups is 1. The van der Waals surface area contributed by atoms with Gasteiger partial charge >= 0.3 is 0 Å². The molecule has 1 amide bonds. The van der Waals surface area contributed by atoms with Crippen LogP contribution in [0, 0.1) is 0 Å². The van der Waals surface area contributed by atoms with Gasteiger partial charge in [-0.2, -0.15) is 5.10 Å². The highest BCUT2D eigenvalue weighted by atomic mass is 35.5. The summed E-state index contributed by atoms with van der Waals surface area (Å²) in [5.41, 5.74) is 3.67. The second kappa shape index (κ2) is 8.00. The molecule has 2 rings (SSSR count). The van der Waals surface area contributed by atoms with E-state index < -0.39 is 0 Å². The molecule has 0 bridgehead atoms. The molecule has 0 aliphatic heterocycles. The van der Waals surface area contributed by atoms with Gasteiger partial charge in [-0.15, -0.1) is 0 Å². The van der Waals surface area contributed by atoms with Crippen LogP contribution in [0.25, 0.3) is 0 Å². The molecular formula is C17H15ClN2O2. The highest BCUT2D eigenvalue weighted by Gasteiger charge is 2.10. The molecule has 1 N–H and O–H groups in total. The molecule has 0 saturated heterocycles. The topological polar surface area (TPSA) is 50.7 Å². The summed E-state index contributed by atoms with van der Waals surface area (Å²) in [6.45, 7) is 3.91. The number of benzene rings is 2. The maximum atomic E-state index is 12.1. The van der Waals surface area contributed by atoms with Gasteiger partial charge in [0.15, 0.2) is 0 Å². The van der Waals surface area contributed by atoms with Gasteiger partial charge in [0.2, 0.25) is 0 Å². The number of hydrogen-bond acceptors (Lipinski definition) is 3. The Hall–Kier alpha value is -2.59. The molecule has 0 aliphatic rings. The summed E-state index contributed by atoms with van der Waals surface area (Å²) in [5.74, 6) is 0.135. The number of nitrogens with one attached hydrogen (secondary N) is 1. The summed E-state index contributed by atoms with van der Waals surface area (Å²) < 4.78 is 5.44. The lowest BCUT2D eigenvalue weighted by molar-refractivity contribution is 0.0951. The molecule has 0 atom stereocenters. The number of amides is 1. The zero-order valence-corrected chi connectivity index (χ0v) is 12.6. The van der Waals surface area contributed by atoms with Crippen LogP contribution >= 0.6 is 11.6 Å². The van der Waals surface area contributed by atoms with E-state index in [0.29, 0.717) is 22.9 Å². The van der Waals surface area contributed by atoms with E-state index in [0.717, 1.165) is 5.56 Å². The van der Waals surface area contributed by atoms with Crippen LogP contribution in [0.15, 0.2) is 66.3 Å². The van der Waals surface area contributed by atoms with Crippen molar-refractivity contribution in [3.05, 3.63) is 77.3 Å². The molecule has 0 radical (unpaired) electrons. The van der Waals surface area contributed by atoms with Crippen LogP contribution in [0.1, 0.15) is 15.9 Å². The second-order valence-electron chi connectivity index (χ2n) is 4.35. The Morgan fingerprint density at radius 1 is 1.27 bits per heavy atom. The van der Waals surface area contributed by atoms with Gasteiger partial charge in [0, 0.05) is 5.02 Å². The van der Waals surface area contributed by atoms with E-state index >= 15 is 0 Å². The highest BCUT2D eigenvalue weighted by Crippen LogP contribution is 2.17. The van der Waals surface area contributed by atoms with Crippen molar-refractivity contribution in [2.75, 3.05) is 6.61 Å². The van der Waals surface area contributed by atoms with Gasteiger partial charge in [0.25, 0.3) is 5.91 Å². The molecule has 2 aromatic rings. The van der Waals surface area contributed by atoms with Gasteiger partial charge in [-0.25, -0.2) is 5.43 Å². The fourth-order valence-corrected chi connectivity index (χ4v) is 1.94. The number of halogens is 1. The molecule has 0 aliphatic carbocycles. The lowest BCUT2D eigenvalue weighted by atomic mass is 10.2. The lowest BCUT2D eigenvalue weighted by Crippen LogP contribution is -2.18. The minimum atomic E-state index is -0.349. The fraction of sp³-hybridized carbons (Fsp3) is 0.0588. The Morgan fingerprint density at radius 3 is 2.86 bits per heavy atom. The maximum absolute atomic E-state index is 12.1. The molecule has 2 aromatic carbocycles. The van der Waals surface area contributed by atoms with Crippen molar-refractivity contribution in [2.24, 2.45) is 5.10 Å². The van der Waals surface area contributed by atoms with Gasteiger partial charge in [0.1, 0.15) is 12.4 Å². The minimum absolute atomic E-state index is 0.329. The largest absolute Gasteiger partial charge is 0.489 e. The van der Waals surface area contributed by atoms with Crippen LogP contribution in [0.3, 0.4) is 0 Å². The number of ether oxygens (including phenoxy) is 1. The number of para-hydroxylation sites is 1. The van der Waals surface area contributed by atoms with Crippen molar-refractivity contribution >= 4 is 23.7 Å². The molecule has 22 heavy (non-hydrogen) atoms. The van der Waals surface area contributed by atoms with E-state index in [9.17, 15) is 4.79 Å². The van der Waals surface area contributed by atoms with Crippen LogP contribution in [0.2, 0.25) is 5.02 Å². The average molecular weight is 315 g/mol. The molecule has 0 unspecified atom stereocenters. The number of rotatable bonds is 6. The van der Waals surface area contributed by atoms with Crippen molar-refractivity contribution in [2.45, 2.75) is 0 Å². The van der Waals surface area contributed by atoms with Crippen LogP contribution in [-0.2, 0) is 0 Å². The van der Waals surface area contributed by atoms with Crippen molar-refractivity contribution < 1.29 is 9.53 Å². The summed E-state index contributed by atoms with van der Waals surface area (Å²) in [5, 5.41) is 4.53. The minimum Gasteiger partial charge on any atom is -0.489 e. The number of nitrogens with zero attached hydrogens (tertiary/aromatic N) is 1. The first-order chi connectivity index (χ1) is 10.7. The monoisotopic (exact) mass is 314 g/mol. The van der Waals surface area contributed by atoms with E-state index in [4.69, 9.17) is 16.3 Å². The third kappa shape index (κ3) is 4.46. The van der Waals surface area contributed by atoms with Crippen LogP contribution in [0.4, 0.5) is 0 Å². The van der Waals surface area contributed by atoms with Crippen LogP contribution in [-0.4, -0.2) is 18.7 Å². The molecule has 5 heteroatoms. The summed E-state index contributed by atoms with van der Waals surface area (Å²) in [6, 6.07) is 14.1. The van der Waals surface area contributed by atoms with Crippen LogP contribution in [0.5, 0.6) is 5.75 Å². The number of hydrazone groups is 1. The van der Waals surface area contributed by atoms with Crippen molar-refractivity contribution in [1.29, 1.82) is 0 Å². The smallest absolute Gasteiger partial charge is 0.275 e. The van der Waals surface area contributed by atoms with E-state index in [2.05, 4.69) is 17.1 Å². The normalized spacial score (nSPS) is 10.4. The van der Waals surface area contributed by atoms with Crippen molar-refractivity contribution in [1.82, 2.24) is 5.43 Å². The standard InChI is InChI=1S/C17H15ClN2O2/c1-2-10-22-16-9-4-3-8-15(16)17(21)20-19-12-13-6-5-7-14(18)11-13/h2-9,11-12H,1,10H2,(H,20,21). The first kappa shape index (κ1) is 15.8. The average Bonchev–Trinajstić information content (AvgIpc) is 2.53. The third-order valence-electron chi connectivity index (χ3n) is 2.72. The molecule has 112 valence electrons. The van der Waals surface area contributed by atoms with E-state index in [1.54, 1.807) is 42.5 Å². The van der Waals surface area contributed by atoms with Crippen LogP contribution < -0.4 is 10.2 Å². The van der Waals surface area contributed by atoms with E-state index in [-0.39, 0.29) is 5.91 Å². The SMILES string of the molecule is C=CCOc1ccccc1C(=O)NN=Cc1cccc(Cl)c1. The predicted molar refractivity (Wildman–Crippen MR) is 88.6 cm³/mol. The fourth-order valence-electron chi connectivity index (χ4n) is 1.74. The first-order valence-electron chi connectivity index (χ1n) is 6.62. The lowest BCUT2D eigenvalue weighted by Gasteiger charge is -2.08. The van der Waals surface area contributed by atoms with Gasteiger partial charge < -0.3 is 4.74 Å². The zero-order valence-electron chi connectivity index (χ0n) is 11.8. The predicted octanol–water partition coefficient (Wildman–Crippen LogP) is 3.67. The van der Waals surface area contributed by atoms with E-state index in [1.807, 2.05) is 12.1 Å². The molecule has 0 heterocycles. The number of hydrogen-bond donors (Lipinski definition) is 1. The Labute approximate surface area is 134 Å². The quantitative estimate of drug-likeness (QED) is 0.502. The maximum Gasteiger partial charge on any atom is 0.275 e. The summed E-state index contributed by atoms with van der Waals surface area (Å²) in [7, 11) is 0. The highest BCUT2D eigenvalue weighted by molar-refractivity contribution is 6.30. The summed E-state index contributed by atoms with van der Waals surface area (Å²) >= 11 is 5.88. The third-order valence-corrected chi connectivity index (χ3v) is 2.95. The van der Waals surface area contributed by atoms with Gasteiger partial charge in [0.05, 0.1) is 11.8 Å². The first-order valence-corrected chi connectivity index (χ1v) is 7.00. The molecule has 0 saturated carbocycles. The molecule has 4 nitrogen and oxygen atoms in total. The van der Waals surface area contributed by atoms with Crippen molar-refractivity contribution in [3.8, 4) is 5.75 Å². The Morgan fingerprint density at radius 2 is 2.09 bits per heavy atom. The van der Waals surface area contributed by atoms with Gasteiger partial charge in [-0.1, -0.05) is 48.5 Å². The molecule has 0 spiro atoms. The Bertz CT molecular complexity index is 699. The Balaban J connectivity index is 2.04. The zero-order chi connectivity index (χ0) is 15.8. The molecule has 0 fully saturated rings. The van der Waals surface area contributed by atoms with Gasteiger partial charge in [-0.3, -0.25) is 4.79 Å². The molecule has 0 aromatic heterocycles. The summed E-state index contributed by atoms with van der Waals surface area (Å²) in [6.07, 6.45) is 3.14. The summed E-state index contributed by atoms with van der Waals surface area (Å²) in [4.78, 5) is 12.1. The number of carbonyl (C=O) groups excluding carboxylic acids is 1. The van der Waals surface area contributed by atoms with Gasteiger partial charge in [-0.05, 0) is 29.8 Å². The molecular weight excluding hydrogens is 300 g/mol. The van der Waals surface area contributed by atoms with E-state index in [1.165, 1.54) is 6.21 Å². The van der Waals surface area contributed by atoms with Crippen molar-refractivity contribution in [3.63, 3.8) is 0 Å².